The highest BCUT2D eigenvalue weighted by Crippen LogP contribution is 2.36. The van der Waals surface area contributed by atoms with Crippen molar-refractivity contribution in [2.75, 3.05) is 0 Å². The lowest BCUT2D eigenvalue weighted by atomic mass is 9.77. The Balaban J connectivity index is 2.25. The number of rotatable bonds is 2. The van der Waals surface area contributed by atoms with Crippen molar-refractivity contribution in [2.24, 2.45) is 17.6 Å². The smallest absolute Gasteiger partial charge is 0.108 e. The van der Waals surface area contributed by atoms with Crippen LogP contribution in [0.3, 0.4) is 0 Å². The van der Waals surface area contributed by atoms with Crippen LogP contribution in [0.1, 0.15) is 45.5 Å². The van der Waals surface area contributed by atoms with E-state index in [1.807, 2.05) is 6.20 Å². The third-order valence-electron chi connectivity index (χ3n) is 3.86. The highest BCUT2D eigenvalue weighted by Gasteiger charge is 2.33. The molecule has 0 radical (unpaired) electrons. The summed E-state index contributed by atoms with van der Waals surface area (Å²) in [6.07, 6.45) is 7.39. The van der Waals surface area contributed by atoms with Crippen molar-refractivity contribution >= 4 is 0 Å². The van der Waals surface area contributed by atoms with E-state index in [1.165, 1.54) is 12.2 Å². The van der Waals surface area contributed by atoms with Crippen molar-refractivity contribution in [2.45, 2.75) is 52.1 Å². The number of nitrogens with zero attached hydrogens (tertiary/aromatic N) is 2. The molecule has 0 spiro atoms. The fourth-order valence-corrected chi connectivity index (χ4v) is 3.27. The van der Waals surface area contributed by atoms with Crippen molar-refractivity contribution in [3.63, 3.8) is 0 Å². The Morgan fingerprint density at radius 2 is 2.19 bits per heavy atom. The molecule has 1 aliphatic carbocycles. The van der Waals surface area contributed by atoms with E-state index in [0.717, 1.165) is 18.8 Å². The number of hydrogen-bond acceptors (Lipinski definition) is 2. The molecular formula is C13H23N3. The van der Waals surface area contributed by atoms with Crippen LogP contribution in [0, 0.1) is 11.8 Å². The number of hydrogen-bond donors (Lipinski definition) is 1. The molecule has 0 saturated heterocycles. The molecule has 1 fully saturated rings. The molecule has 4 atom stereocenters. The van der Waals surface area contributed by atoms with E-state index < -0.39 is 0 Å². The van der Waals surface area contributed by atoms with E-state index in [1.54, 1.807) is 0 Å². The van der Waals surface area contributed by atoms with Gasteiger partial charge >= 0.3 is 0 Å². The van der Waals surface area contributed by atoms with Crippen LogP contribution in [0.15, 0.2) is 12.4 Å². The quantitative estimate of drug-likeness (QED) is 0.833. The van der Waals surface area contributed by atoms with Gasteiger partial charge in [0.1, 0.15) is 5.82 Å². The minimum Gasteiger partial charge on any atom is -0.330 e. The van der Waals surface area contributed by atoms with Gasteiger partial charge in [0.05, 0.1) is 6.04 Å². The van der Waals surface area contributed by atoms with Crippen molar-refractivity contribution in [1.29, 1.82) is 0 Å². The Morgan fingerprint density at radius 1 is 1.44 bits per heavy atom. The van der Waals surface area contributed by atoms with Gasteiger partial charge in [0.25, 0.3) is 0 Å². The van der Waals surface area contributed by atoms with E-state index in [4.69, 9.17) is 5.73 Å². The first kappa shape index (κ1) is 11.6. The van der Waals surface area contributed by atoms with Gasteiger partial charge in [-0.1, -0.05) is 20.8 Å². The normalized spacial score (nSPS) is 35.2. The average Bonchev–Trinajstić information content (AvgIpc) is 2.64. The van der Waals surface area contributed by atoms with E-state index >= 15 is 0 Å². The van der Waals surface area contributed by atoms with E-state index in [0.29, 0.717) is 12.0 Å². The van der Waals surface area contributed by atoms with Gasteiger partial charge in [-0.05, 0) is 24.7 Å². The molecular weight excluding hydrogens is 198 g/mol. The van der Waals surface area contributed by atoms with Crippen molar-refractivity contribution < 1.29 is 0 Å². The summed E-state index contributed by atoms with van der Waals surface area (Å²) in [5, 5.41) is 0. The summed E-state index contributed by atoms with van der Waals surface area (Å²) in [6.45, 7) is 6.78. The van der Waals surface area contributed by atoms with Gasteiger partial charge in [0.15, 0.2) is 0 Å². The predicted molar refractivity (Wildman–Crippen MR) is 66.2 cm³/mol. The highest BCUT2D eigenvalue weighted by molar-refractivity contribution is 5.00. The molecule has 1 heterocycles. The second kappa shape index (κ2) is 4.58. The van der Waals surface area contributed by atoms with E-state index in [9.17, 15) is 0 Å². The predicted octanol–water partition coefficient (Wildman–Crippen LogP) is 2.38. The lowest BCUT2D eigenvalue weighted by molar-refractivity contribution is 0.175. The standard InChI is InChI=1S/C13H23N3/c1-4-12-15-5-6-16(12)13-10(3)7-9(2)8-11(13)14/h5-6,9-11,13H,4,7-8,14H2,1-3H3. The Bertz CT molecular complexity index is 333. The second-order valence-corrected chi connectivity index (χ2v) is 5.31. The Kier molecular flexibility index (Phi) is 3.33. The molecule has 0 aliphatic heterocycles. The zero-order valence-electron chi connectivity index (χ0n) is 10.6. The fourth-order valence-electron chi connectivity index (χ4n) is 3.27. The topological polar surface area (TPSA) is 43.8 Å². The minimum atomic E-state index is 0.276. The maximum atomic E-state index is 6.33. The van der Waals surface area contributed by atoms with Crippen molar-refractivity contribution in [3.8, 4) is 0 Å². The van der Waals surface area contributed by atoms with Crippen LogP contribution in [0.5, 0.6) is 0 Å². The summed E-state index contributed by atoms with van der Waals surface area (Å²) >= 11 is 0. The number of aryl methyl sites for hydroxylation is 1. The van der Waals surface area contributed by atoms with Gasteiger partial charge < -0.3 is 10.3 Å². The monoisotopic (exact) mass is 221 g/mol. The molecule has 3 heteroatoms. The van der Waals surface area contributed by atoms with Crippen molar-refractivity contribution in [1.82, 2.24) is 9.55 Å². The largest absolute Gasteiger partial charge is 0.330 e. The number of nitrogens with two attached hydrogens (primary N) is 1. The van der Waals surface area contributed by atoms with Gasteiger partial charge in [-0.15, -0.1) is 0 Å². The molecule has 1 aromatic rings. The molecule has 1 aliphatic rings. The minimum absolute atomic E-state index is 0.276. The van der Waals surface area contributed by atoms with Gasteiger partial charge in [-0.25, -0.2) is 4.98 Å². The Morgan fingerprint density at radius 3 is 2.81 bits per heavy atom. The summed E-state index contributed by atoms with van der Waals surface area (Å²) in [4.78, 5) is 4.41. The first-order valence-corrected chi connectivity index (χ1v) is 6.40. The first-order valence-electron chi connectivity index (χ1n) is 6.40. The van der Waals surface area contributed by atoms with Crippen LogP contribution in [-0.4, -0.2) is 15.6 Å². The van der Waals surface area contributed by atoms with Gasteiger partial charge in [0, 0.05) is 24.9 Å². The van der Waals surface area contributed by atoms with Crippen LogP contribution in [0.25, 0.3) is 0 Å². The van der Waals surface area contributed by atoms with E-state index in [2.05, 4.69) is 36.5 Å². The van der Waals surface area contributed by atoms with Crippen LogP contribution in [0.2, 0.25) is 0 Å². The molecule has 1 saturated carbocycles. The Labute approximate surface area is 98.1 Å². The summed E-state index contributed by atoms with van der Waals surface area (Å²) in [7, 11) is 0. The molecule has 16 heavy (non-hydrogen) atoms. The SMILES string of the molecule is CCc1nccn1C1C(C)CC(C)CC1N. The third kappa shape index (κ3) is 2.01. The van der Waals surface area contributed by atoms with Crippen LogP contribution < -0.4 is 5.73 Å². The molecule has 0 aromatic carbocycles. The zero-order chi connectivity index (χ0) is 11.7. The summed E-state index contributed by atoms with van der Waals surface area (Å²) in [6, 6.07) is 0.715. The van der Waals surface area contributed by atoms with Crippen LogP contribution in [0.4, 0.5) is 0 Å². The Hall–Kier alpha value is -0.830. The molecule has 0 amide bonds. The molecule has 0 bridgehead atoms. The first-order chi connectivity index (χ1) is 7.63. The van der Waals surface area contributed by atoms with Gasteiger partial charge in [-0.2, -0.15) is 0 Å². The second-order valence-electron chi connectivity index (χ2n) is 5.31. The fraction of sp³-hybridized carbons (Fsp3) is 0.769. The zero-order valence-corrected chi connectivity index (χ0v) is 10.6. The highest BCUT2D eigenvalue weighted by atomic mass is 15.1. The third-order valence-corrected chi connectivity index (χ3v) is 3.86. The lowest BCUT2D eigenvalue weighted by Crippen LogP contribution is -2.42. The van der Waals surface area contributed by atoms with Crippen molar-refractivity contribution in [3.05, 3.63) is 18.2 Å². The molecule has 2 N–H and O–H groups in total. The van der Waals surface area contributed by atoms with E-state index in [-0.39, 0.29) is 6.04 Å². The maximum Gasteiger partial charge on any atom is 0.108 e. The maximum absolute atomic E-state index is 6.33. The lowest BCUT2D eigenvalue weighted by Gasteiger charge is -2.39. The van der Waals surface area contributed by atoms with Crippen LogP contribution >= 0.6 is 0 Å². The van der Waals surface area contributed by atoms with Gasteiger partial charge in [0.2, 0.25) is 0 Å². The molecule has 1 aromatic heterocycles. The van der Waals surface area contributed by atoms with Crippen LogP contribution in [-0.2, 0) is 6.42 Å². The average molecular weight is 221 g/mol. The molecule has 3 nitrogen and oxygen atoms in total. The number of aromatic nitrogens is 2. The summed E-state index contributed by atoms with van der Waals surface area (Å²) in [5.41, 5.74) is 6.33. The van der Waals surface area contributed by atoms with Gasteiger partial charge in [-0.3, -0.25) is 0 Å². The number of imidazole rings is 1. The summed E-state index contributed by atoms with van der Waals surface area (Å²) < 4.78 is 2.31. The summed E-state index contributed by atoms with van der Waals surface area (Å²) in [5.74, 6) is 2.58. The molecule has 90 valence electrons. The molecule has 2 rings (SSSR count). The molecule has 4 unspecified atom stereocenters.